The second-order valence-corrected chi connectivity index (χ2v) is 7.00. The number of aromatic carboxylic acids is 1. The van der Waals surface area contributed by atoms with Crippen molar-refractivity contribution in [2.24, 2.45) is 0 Å². The molecule has 0 aliphatic carbocycles. The first-order valence-electron chi connectivity index (χ1n) is 6.25. The Balaban J connectivity index is 2.52. The Hall–Kier alpha value is -1.89. The molecule has 0 atom stereocenters. The van der Waals surface area contributed by atoms with E-state index in [1.54, 1.807) is 30.5 Å². The van der Waals surface area contributed by atoms with E-state index in [9.17, 15) is 18.3 Å². The molecule has 0 spiro atoms. The molecular formula is C13H16N2O4S. The van der Waals surface area contributed by atoms with Gasteiger partial charge in [0, 0.05) is 12.3 Å². The van der Waals surface area contributed by atoms with Crippen molar-refractivity contribution < 1.29 is 18.3 Å². The molecule has 0 saturated heterocycles. The lowest BCUT2D eigenvalue weighted by Crippen LogP contribution is -2.16. The monoisotopic (exact) mass is 296 g/mol. The molecule has 0 aliphatic rings. The smallest absolute Gasteiger partial charge is 0.337 e. The van der Waals surface area contributed by atoms with Crippen LogP contribution in [-0.2, 0) is 16.4 Å². The van der Waals surface area contributed by atoms with Crippen molar-refractivity contribution in [3.8, 4) is 0 Å². The zero-order valence-electron chi connectivity index (χ0n) is 11.3. The molecule has 0 aliphatic heterocycles. The van der Waals surface area contributed by atoms with E-state index in [1.807, 2.05) is 0 Å². The Kier molecular flexibility index (Phi) is 3.80. The predicted molar refractivity (Wildman–Crippen MR) is 75.8 cm³/mol. The van der Waals surface area contributed by atoms with E-state index in [4.69, 9.17) is 0 Å². The first-order valence-corrected chi connectivity index (χ1v) is 8.07. The highest BCUT2D eigenvalue weighted by Gasteiger charge is 2.17. The Labute approximate surface area is 117 Å². The normalized spacial score (nSPS) is 11.9. The Morgan fingerprint density at radius 2 is 2.10 bits per heavy atom. The van der Waals surface area contributed by atoms with Crippen LogP contribution in [0.25, 0.3) is 11.0 Å². The van der Waals surface area contributed by atoms with Gasteiger partial charge in [0.15, 0.2) is 9.84 Å². The number of fused-ring (bicyclic) bond motifs is 1. The van der Waals surface area contributed by atoms with E-state index in [1.165, 1.54) is 6.07 Å². The number of sulfone groups is 1. The number of aromatic nitrogens is 2. The number of hydrogen-bond donors (Lipinski definition) is 1. The highest BCUT2D eigenvalue weighted by atomic mass is 32.2. The third-order valence-corrected chi connectivity index (χ3v) is 4.94. The summed E-state index contributed by atoms with van der Waals surface area (Å²) in [6, 6.07) is 4.85. The number of nitrogens with zero attached hydrogens (tertiary/aromatic N) is 2. The van der Waals surface area contributed by atoms with Gasteiger partial charge < -0.3 is 9.67 Å². The summed E-state index contributed by atoms with van der Waals surface area (Å²) in [7, 11) is -3.11. The van der Waals surface area contributed by atoms with Crippen molar-refractivity contribution in [1.82, 2.24) is 9.55 Å². The molecule has 2 aromatic rings. The summed E-state index contributed by atoms with van der Waals surface area (Å²) in [6.07, 6.45) is 0. The lowest BCUT2D eigenvalue weighted by molar-refractivity contribution is 0.0698. The van der Waals surface area contributed by atoms with Crippen LogP contribution >= 0.6 is 0 Å². The van der Waals surface area contributed by atoms with E-state index >= 15 is 0 Å². The fourth-order valence-electron chi connectivity index (χ4n) is 2.12. The number of hydrogen-bond acceptors (Lipinski definition) is 4. The average Bonchev–Trinajstić information content (AvgIpc) is 2.71. The number of carboxylic acid groups (broad SMARTS) is 1. The fourth-order valence-corrected chi connectivity index (χ4v) is 2.87. The molecule has 20 heavy (non-hydrogen) atoms. The summed E-state index contributed by atoms with van der Waals surface area (Å²) >= 11 is 0. The Bertz CT molecular complexity index is 762. The van der Waals surface area contributed by atoms with Gasteiger partial charge in [-0.3, -0.25) is 0 Å². The molecular weight excluding hydrogens is 280 g/mol. The molecule has 7 heteroatoms. The van der Waals surface area contributed by atoms with Gasteiger partial charge in [0.2, 0.25) is 0 Å². The van der Waals surface area contributed by atoms with Gasteiger partial charge in [-0.15, -0.1) is 0 Å². The lowest BCUT2D eigenvalue weighted by atomic mass is 10.2. The maximum atomic E-state index is 11.6. The van der Waals surface area contributed by atoms with Gasteiger partial charge >= 0.3 is 5.97 Å². The van der Waals surface area contributed by atoms with Gasteiger partial charge in [0.05, 0.1) is 22.3 Å². The van der Waals surface area contributed by atoms with Gasteiger partial charge in [-0.05, 0) is 19.1 Å². The molecule has 0 saturated carbocycles. The molecule has 1 aromatic heterocycles. The molecule has 1 heterocycles. The van der Waals surface area contributed by atoms with Crippen molar-refractivity contribution in [2.45, 2.75) is 20.4 Å². The SMILES string of the molecule is CCS(=O)(=O)CCn1c(C)nc2cccc(C(=O)O)c21. The number of carbonyl (C=O) groups is 1. The maximum Gasteiger partial charge on any atom is 0.337 e. The van der Waals surface area contributed by atoms with Crippen LogP contribution < -0.4 is 0 Å². The van der Waals surface area contributed by atoms with Crippen molar-refractivity contribution in [3.05, 3.63) is 29.6 Å². The number of rotatable bonds is 5. The minimum Gasteiger partial charge on any atom is -0.478 e. The second-order valence-electron chi connectivity index (χ2n) is 4.53. The third-order valence-electron chi connectivity index (χ3n) is 3.25. The predicted octanol–water partition coefficient (Wildman–Crippen LogP) is 1.48. The second kappa shape index (κ2) is 5.24. The van der Waals surface area contributed by atoms with Crippen LogP contribution in [0.4, 0.5) is 0 Å². The standard InChI is InChI=1S/C13H16N2O4S/c1-3-20(18,19)8-7-15-9(2)14-11-6-4-5-10(12(11)15)13(16)17/h4-6H,3,7-8H2,1-2H3,(H,16,17). The molecule has 108 valence electrons. The number of imidazole rings is 1. The van der Waals surface area contributed by atoms with Crippen molar-refractivity contribution >= 4 is 26.8 Å². The Morgan fingerprint density at radius 3 is 2.70 bits per heavy atom. The molecule has 2 rings (SSSR count). The first kappa shape index (κ1) is 14.5. The third kappa shape index (κ3) is 2.67. The summed E-state index contributed by atoms with van der Waals surface area (Å²) < 4.78 is 24.9. The summed E-state index contributed by atoms with van der Waals surface area (Å²) in [5.74, 6) is -0.385. The van der Waals surface area contributed by atoms with E-state index in [0.29, 0.717) is 16.9 Å². The lowest BCUT2D eigenvalue weighted by Gasteiger charge is -2.08. The van der Waals surface area contributed by atoms with Gasteiger partial charge in [-0.1, -0.05) is 13.0 Å². The van der Waals surface area contributed by atoms with E-state index in [2.05, 4.69) is 4.98 Å². The average molecular weight is 296 g/mol. The van der Waals surface area contributed by atoms with Crippen LogP contribution in [0, 0.1) is 6.92 Å². The van der Waals surface area contributed by atoms with Gasteiger partial charge in [0.25, 0.3) is 0 Å². The zero-order valence-corrected chi connectivity index (χ0v) is 12.1. The van der Waals surface area contributed by atoms with Gasteiger partial charge in [-0.2, -0.15) is 0 Å². The molecule has 1 aromatic carbocycles. The fraction of sp³-hybridized carbons (Fsp3) is 0.385. The summed E-state index contributed by atoms with van der Waals surface area (Å²) in [4.78, 5) is 15.6. The topological polar surface area (TPSA) is 89.3 Å². The number of carboxylic acids is 1. The summed E-state index contributed by atoms with van der Waals surface area (Å²) in [6.45, 7) is 3.55. The number of aryl methyl sites for hydroxylation is 2. The van der Waals surface area contributed by atoms with Crippen LogP contribution in [-0.4, -0.2) is 40.6 Å². The summed E-state index contributed by atoms with van der Waals surface area (Å²) in [5.41, 5.74) is 1.18. The zero-order chi connectivity index (χ0) is 14.9. The minimum absolute atomic E-state index is 0.0241. The van der Waals surface area contributed by atoms with Crippen molar-refractivity contribution in [3.63, 3.8) is 0 Å². The van der Waals surface area contributed by atoms with Crippen molar-refractivity contribution in [2.75, 3.05) is 11.5 Å². The van der Waals surface area contributed by atoms with Crippen LogP contribution in [0.1, 0.15) is 23.1 Å². The number of para-hydroxylation sites is 1. The van der Waals surface area contributed by atoms with Crippen molar-refractivity contribution in [1.29, 1.82) is 0 Å². The molecule has 0 unspecified atom stereocenters. The van der Waals surface area contributed by atoms with Crippen LogP contribution in [0.5, 0.6) is 0 Å². The van der Waals surface area contributed by atoms with Crippen LogP contribution in [0.2, 0.25) is 0 Å². The quantitative estimate of drug-likeness (QED) is 0.902. The largest absolute Gasteiger partial charge is 0.478 e. The maximum absolute atomic E-state index is 11.6. The molecule has 0 bridgehead atoms. The van der Waals surface area contributed by atoms with Gasteiger partial charge in [-0.25, -0.2) is 18.2 Å². The molecule has 1 N–H and O–H groups in total. The minimum atomic E-state index is -3.11. The highest BCUT2D eigenvalue weighted by molar-refractivity contribution is 7.91. The van der Waals surface area contributed by atoms with E-state index in [0.717, 1.165) is 0 Å². The Morgan fingerprint density at radius 1 is 1.40 bits per heavy atom. The first-order chi connectivity index (χ1) is 9.35. The van der Waals surface area contributed by atoms with E-state index in [-0.39, 0.29) is 23.6 Å². The molecule has 0 radical (unpaired) electrons. The molecule has 6 nitrogen and oxygen atoms in total. The molecule has 0 fully saturated rings. The van der Waals surface area contributed by atoms with Crippen LogP contribution in [0.15, 0.2) is 18.2 Å². The van der Waals surface area contributed by atoms with Crippen LogP contribution in [0.3, 0.4) is 0 Å². The van der Waals surface area contributed by atoms with Gasteiger partial charge in [0.1, 0.15) is 5.82 Å². The highest BCUT2D eigenvalue weighted by Crippen LogP contribution is 2.20. The number of benzene rings is 1. The molecule has 0 amide bonds. The van der Waals surface area contributed by atoms with E-state index < -0.39 is 15.8 Å². The summed E-state index contributed by atoms with van der Waals surface area (Å²) in [5, 5.41) is 9.23.